The fourth-order valence-electron chi connectivity index (χ4n) is 4.87. The fraction of sp³-hybridized carbons (Fsp3) is 0.343. The van der Waals surface area contributed by atoms with Gasteiger partial charge in [0.25, 0.3) is 0 Å². The van der Waals surface area contributed by atoms with Crippen molar-refractivity contribution in [2.24, 2.45) is 0 Å². The topological polar surface area (TPSA) is 104 Å². The second-order valence-electron chi connectivity index (χ2n) is 10.7. The van der Waals surface area contributed by atoms with E-state index < -0.39 is 11.9 Å². The summed E-state index contributed by atoms with van der Waals surface area (Å²) >= 11 is 0. The van der Waals surface area contributed by atoms with E-state index in [2.05, 4.69) is 91.5 Å². The second-order valence-corrected chi connectivity index (χ2v) is 10.7. The molecule has 0 unspecified atom stereocenters. The number of carbonyl (C=O) groups excluding carboxylic acids is 1. The van der Waals surface area contributed by atoms with Crippen molar-refractivity contribution in [3.8, 4) is 0 Å². The molecule has 7 nitrogen and oxygen atoms in total. The average molecular weight is 572 g/mol. The van der Waals surface area contributed by atoms with Crippen molar-refractivity contribution >= 4 is 17.7 Å². The summed E-state index contributed by atoms with van der Waals surface area (Å²) in [5.74, 6) is -1.77. The number of aliphatic carboxylic acids is 2. The first kappa shape index (κ1) is 32.4. The van der Waals surface area contributed by atoms with Gasteiger partial charge < -0.3 is 19.8 Å². The van der Waals surface area contributed by atoms with Gasteiger partial charge in [-0.3, -0.25) is 4.79 Å². The van der Waals surface area contributed by atoms with Crippen molar-refractivity contribution in [2.45, 2.75) is 57.7 Å². The van der Waals surface area contributed by atoms with E-state index in [4.69, 9.17) is 14.9 Å². The van der Waals surface area contributed by atoms with Gasteiger partial charge in [-0.2, -0.15) is 0 Å². The van der Waals surface area contributed by atoms with Crippen LogP contribution >= 0.6 is 0 Å². The van der Waals surface area contributed by atoms with Gasteiger partial charge >= 0.3 is 11.9 Å². The van der Waals surface area contributed by atoms with Crippen LogP contribution in [0.15, 0.2) is 97.1 Å². The van der Waals surface area contributed by atoms with Crippen LogP contribution in [0.5, 0.6) is 0 Å². The minimum Gasteiger partial charge on any atom is -0.478 e. The Morgan fingerprint density at radius 3 is 1.74 bits per heavy atom. The third-order valence-electron chi connectivity index (χ3n) is 7.21. The first-order valence-corrected chi connectivity index (χ1v) is 14.5. The lowest BCUT2D eigenvalue weighted by Gasteiger charge is -2.34. The van der Waals surface area contributed by atoms with Crippen LogP contribution in [0, 0.1) is 0 Å². The van der Waals surface area contributed by atoms with Crippen molar-refractivity contribution in [1.82, 2.24) is 4.90 Å². The van der Waals surface area contributed by atoms with Gasteiger partial charge in [-0.15, -0.1) is 0 Å². The third-order valence-corrected chi connectivity index (χ3v) is 7.21. The van der Waals surface area contributed by atoms with Gasteiger partial charge in [0.1, 0.15) is 6.10 Å². The number of hydrogen-bond donors (Lipinski definition) is 2. The quantitative estimate of drug-likeness (QED) is 0.183. The number of nitrogens with zero attached hydrogens (tertiary/aromatic N) is 1. The van der Waals surface area contributed by atoms with Crippen LogP contribution in [-0.2, 0) is 14.3 Å². The van der Waals surface area contributed by atoms with Gasteiger partial charge in [0.05, 0.1) is 6.10 Å². The number of rotatable bonds is 12. The van der Waals surface area contributed by atoms with Crippen molar-refractivity contribution in [3.05, 3.63) is 119 Å². The number of ketones is 1. The van der Waals surface area contributed by atoms with Crippen LogP contribution in [-0.4, -0.2) is 58.6 Å². The molecular formula is C35H41NO6. The minimum absolute atomic E-state index is 0.0290. The highest BCUT2D eigenvalue weighted by molar-refractivity contribution is 5.96. The number of ether oxygens (including phenoxy) is 1. The number of Topliss-reactive ketones (excluding diaryl/α,β-unsaturated/α-hetero) is 1. The van der Waals surface area contributed by atoms with E-state index in [1.807, 2.05) is 12.1 Å². The zero-order chi connectivity index (χ0) is 30.3. The summed E-state index contributed by atoms with van der Waals surface area (Å²) in [4.78, 5) is 34.2. The maximum atomic E-state index is 12.6. The molecule has 1 aliphatic heterocycles. The van der Waals surface area contributed by atoms with Crippen LogP contribution in [0.3, 0.4) is 0 Å². The molecule has 7 heteroatoms. The molecule has 1 heterocycles. The molecule has 3 aromatic rings. The van der Waals surface area contributed by atoms with Crippen LogP contribution in [0.4, 0.5) is 0 Å². The average Bonchev–Trinajstić information content (AvgIpc) is 3.00. The molecule has 222 valence electrons. The Morgan fingerprint density at radius 2 is 1.29 bits per heavy atom. The molecular weight excluding hydrogens is 530 g/mol. The van der Waals surface area contributed by atoms with Crippen LogP contribution in [0.2, 0.25) is 0 Å². The van der Waals surface area contributed by atoms with Crippen LogP contribution in [0.1, 0.15) is 78.6 Å². The second kappa shape index (κ2) is 17.0. The summed E-state index contributed by atoms with van der Waals surface area (Å²) < 4.78 is 6.66. The Hall–Kier alpha value is -4.07. The van der Waals surface area contributed by atoms with Crippen LogP contribution < -0.4 is 0 Å². The van der Waals surface area contributed by atoms with E-state index in [-0.39, 0.29) is 18.0 Å². The van der Waals surface area contributed by atoms with E-state index >= 15 is 0 Å². The number of carboxylic acids is 2. The highest BCUT2D eigenvalue weighted by atomic mass is 16.5. The third kappa shape index (κ3) is 11.1. The predicted octanol–water partition coefficient (Wildman–Crippen LogP) is 6.76. The number of benzene rings is 3. The number of carbonyl (C=O) groups is 3. The Kier molecular flexibility index (Phi) is 13.1. The molecule has 1 aliphatic rings. The maximum Gasteiger partial charge on any atom is 0.328 e. The van der Waals surface area contributed by atoms with Crippen molar-refractivity contribution in [1.29, 1.82) is 0 Å². The summed E-state index contributed by atoms with van der Waals surface area (Å²) in [7, 11) is 0. The Balaban J connectivity index is 0.000000531. The Labute approximate surface area is 248 Å². The molecule has 1 fully saturated rings. The van der Waals surface area contributed by atoms with Gasteiger partial charge in [-0.1, -0.05) is 98.8 Å². The SMILES string of the molecule is CC(C)c1ccc(C(=O)CCCN2CCC(OC(c3ccccc3)c3ccccc3)CC2)cc1.O=C(O)/C=C/C(=O)O. The number of hydrogen-bond acceptors (Lipinski definition) is 5. The molecule has 0 bridgehead atoms. The standard InChI is InChI=1S/C31H37NO2.C4H4O4/c1-24(2)25-15-17-26(18-16-25)30(33)14-9-21-32-22-19-29(20-23-32)34-31(27-10-5-3-6-11-27)28-12-7-4-8-13-28;5-3(6)1-2-4(7)8/h3-8,10-13,15-18,24,29,31H,9,14,19-23H2,1-2H3;1-2H,(H,5,6)(H,7,8)/b;2-1+. The van der Waals surface area contributed by atoms with E-state index in [0.29, 0.717) is 24.5 Å². The van der Waals surface area contributed by atoms with Crippen molar-refractivity contribution < 1.29 is 29.3 Å². The highest BCUT2D eigenvalue weighted by Crippen LogP contribution is 2.30. The van der Waals surface area contributed by atoms with Gasteiger partial charge in [-0.05, 0) is 48.4 Å². The first-order valence-electron chi connectivity index (χ1n) is 14.5. The lowest BCUT2D eigenvalue weighted by Crippen LogP contribution is -2.38. The molecule has 0 aromatic heterocycles. The number of carboxylic acid groups (broad SMARTS) is 2. The molecule has 2 N–H and O–H groups in total. The fourth-order valence-corrected chi connectivity index (χ4v) is 4.87. The number of piperidine rings is 1. The summed E-state index contributed by atoms with van der Waals surface area (Å²) in [5.41, 5.74) is 4.53. The Morgan fingerprint density at radius 1 is 0.786 bits per heavy atom. The van der Waals surface area contributed by atoms with Gasteiger partial charge in [0.15, 0.2) is 5.78 Å². The lowest BCUT2D eigenvalue weighted by molar-refractivity contribution is -0.134. The predicted molar refractivity (Wildman–Crippen MR) is 164 cm³/mol. The molecule has 42 heavy (non-hydrogen) atoms. The van der Waals surface area contributed by atoms with Crippen molar-refractivity contribution in [3.63, 3.8) is 0 Å². The highest BCUT2D eigenvalue weighted by Gasteiger charge is 2.24. The molecule has 4 rings (SSSR count). The van der Waals surface area contributed by atoms with Crippen LogP contribution in [0.25, 0.3) is 0 Å². The molecule has 0 spiro atoms. The van der Waals surface area contributed by atoms with Gasteiger partial charge in [0, 0.05) is 37.2 Å². The molecule has 0 amide bonds. The summed E-state index contributed by atoms with van der Waals surface area (Å²) in [6, 6.07) is 29.2. The van der Waals surface area contributed by atoms with E-state index in [9.17, 15) is 14.4 Å². The molecule has 3 aromatic carbocycles. The minimum atomic E-state index is -1.26. The normalized spacial score (nSPS) is 14.1. The molecule has 1 saturated heterocycles. The smallest absolute Gasteiger partial charge is 0.328 e. The maximum absolute atomic E-state index is 12.6. The monoisotopic (exact) mass is 571 g/mol. The largest absolute Gasteiger partial charge is 0.478 e. The molecule has 0 atom stereocenters. The molecule has 0 radical (unpaired) electrons. The van der Waals surface area contributed by atoms with Gasteiger partial charge in [0.2, 0.25) is 0 Å². The Bertz CT molecular complexity index is 1220. The summed E-state index contributed by atoms with van der Waals surface area (Å²) in [5, 5.41) is 15.6. The van der Waals surface area contributed by atoms with Gasteiger partial charge in [-0.25, -0.2) is 9.59 Å². The molecule has 0 saturated carbocycles. The first-order chi connectivity index (χ1) is 20.2. The summed E-state index contributed by atoms with van der Waals surface area (Å²) in [6.07, 6.45) is 4.92. The van der Waals surface area contributed by atoms with E-state index in [0.717, 1.165) is 44.5 Å². The van der Waals surface area contributed by atoms with E-state index in [1.54, 1.807) is 0 Å². The zero-order valence-electron chi connectivity index (χ0n) is 24.4. The summed E-state index contributed by atoms with van der Waals surface area (Å²) in [6.45, 7) is 7.38. The lowest BCUT2D eigenvalue weighted by atomic mass is 9.99. The van der Waals surface area contributed by atoms with E-state index in [1.165, 1.54) is 16.7 Å². The molecule has 0 aliphatic carbocycles. The van der Waals surface area contributed by atoms with Crippen molar-refractivity contribution in [2.75, 3.05) is 19.6 Å². The number of likely N-dealkylation sites (tertiary alicyclic amines) is 1. The zero-order valence-corrected chi connectivity index (χ0v) is 24.4.